The van der Waals surface area contributed by atoms with Crippen molar-refractivity contribution in [3.8, 4) is 6.07 Å². The molecule has 4 aromatic heterocycles. The molecule has 0 amide bonds. The van der Waals surface area contributed by atoms with Crippen LogP contribution in [0.15, 0.2) is 267 Å². The molecule has 0 N–H and O–H groups in total. The summed E-state index contributed by atoms with van der Waals surface area (Å²) in [6.07, 6.45) is 3.92. The van der Waals surface area contributed by atoms with Crippen LogP contribution in [0.1, 0.15) is 82.6 Å². The van der Waals surface area contributed by atoms with Gasteiger partial charge in [-0.1, -0.05) is 246 Å². The van der Waals surface area contributed by atoms with Gasteiger partial charge in [-0.15, -0.1) is 11.6 Å². The number of halogens is 5. The summed E-state index contributed by atoms with van der Waals surface area (Å²) in [4.78, 5) is 28.0. The Morgan fingerprint density at radius 1 is 0.486 bits per heavy atom. The van der Waals surface area contributed by atoms with Crippen LogP contribution in [0.3, 0.4) is 0 Å². The van der Waals surface area contributed by atoms with Crippen molar-refractivity contribution in [2.24, 2.45) is 0 Å². The molecule has 8 nitrogen and oxygen atoms in total. The molecule has 19 heteroatoms. The zero-order valence-corrected chi connectivity index (χ0v) is 73.3. The molecule has 105 heavy (non-hydrogen) atoms. The van der Waals surface area contributed by atoms with E-state index in [0.717, 1.165) is 53.5 Å². The van der Waals surface area contributed by atoms with Crippen molar-refractivity contribution in [2.75, 3.05) is 0 Å². The first-order valence-electron chi connectivity index (χ1n) is 34.0. The van der Waals surface area contributed by atoms with Crippen LogP contribution in [0.5, 0.6) is 0 Å². The van der Waals surface area contributed by atoms with E-state index in [9.17, 15) is 5.26 Å². The van der Waals surface area contributed by atoms with E-state index < -0.39 is 50.9 Å². The first-order chi connectivity index (χ1) is 49.5. The molecule has 548 valence electrons. The Bertz CT molecular complexity index is 4420. The van der Waals surface area contributed by atoms with Crippen LogP contribution < -0.4 is 35.5 Å². The van der Waals surface area contributed by atoms with E-state index in [2.05, 4.69) is 308 Å². The third-order valence-corrected chi connectivity index (χ3v) is 37.4. The Hall–Kier alpha value is -6.02. The minimum Gasteiger partial charge on any atom is -0.0622 e. The molecule has 0 unspecified atom stereocenters. The minimum atomic E-state index is -2.27. The van der Waals surface area contributed by atoms with E-state index in [-0.39, 0.29) is 33.4 Å². The molecule has 0 aliphatic carbocycles. The molecule has 0 atom stereocenters. The Labute approximate surface area is 665 Å². The maximum atomic E-state index is 9.41. The Morgan fingerprint density at radius 2 is 0.829 bits per heavy atom. The zero-order valence-electron chi connectivity index (χ0n) is 61.3. The van der Waals surface area contributed by atoms with E-state index >= 15 is 0 Å². The Balaban J connectivity index is 0.000000207. The van der Waals surface area contributed by atoms with E-state index in [0.29, 0.717) is 47.1 Å². The first kappa shape index (κ1) is 87.9. The molecule has 0 radical (unpaired) electrons. The van der Waals surface area contributed by atoms with Crippen molar-refractivity contribution in [2.45, 2.75) is 126 Å². The number of aromatic nitrogens is 4. The molecule has 0 spiro atoms. The SMILES string of the molecule is C.CC(C)(C)[Si](C)(C)OCc1cc(C#N)nc(Cc2ccc3ncc(Cl)cc3c2)c1.ClCc1ccc2ncc(Cl)cc2c1.[C-]#[N+]c1cc(CO[Si](C)(C)C(C)(C)C)c[c]([Sn]([CH3])([CH3])[CH3])n1.[Cl][Pd][Cl].c1ccc(P(c2ccccc2)c2ccccc2)cc1.c1ccc(P(c2ccccc2)c2ccccc2)cc1. The monoisotopic (exact) mass is 1760 g/mol. The number of nitriles is 1. The molecule has 8 aromatic carbocycles. The van der Waals surface area contributed by atoms with Gasteiger partial charge in [-0.2, -0.15) is 5.26 Å². The van der Waals surface area contributed by atoms with Gasteiger partial charge >= 0.3 is 170 Å². The molecular formula is C86H95Cl5N6O2P2PdSi2Sn. The number of hydrogen-bond donors (Lipinski definition) is 0. The molecule has 0 saturated heterocycles. The number of hydrogen-bond acceptors (Lipinski definition) is 7. The largest absolute Gasteiger partial charge is 0.0622 e. The van der Waals surface area contributed by atoms with Gasteiger partial charge in [0.2, 0.25) is 0 Å². The predicted octanol–water partition coefficient (Wildman–Crippen LogP) is 23.5. The molecule has 4 heterocycles. The summed E-state index contributed by atoms with van der Waals surface area (Å²) in [7, 11) is 5.11. The fraction of sp³-hybridized carbons (Fsp3) is 0.233. The second-order valence-electron chi connectivity index (χ2n) is 28.5. The zero-order chi connectivity index (χ0) is 75.5. The number of alkyl halides is 1. The van der Waals surface area contributed by atoms with Crippen LogP contribution in [0.2, 0.25) is 61.1 Å². The van der Waals surface area contributed by atoms with Gasteiger partial charge in [-0.3, -0.25) is 9.97 Å². The normalized spacial score (nSPS) is 11.3. The van der Waals surface area contributed by atoms with Crippen molar-refractivity contribution >= 4 is 168 Å². The van der Waals surface area contributed by atoms with Gasteiger partial charge in [0, 0.05) is 41.2 Å². The summed E-state index contributed by atoms with van der Waals surface area (Å²) >= 11 is 15.2. The van der Waals surface area contributed by atoms with E-state index in [4.69, 9.17) is 69.3 Å². The minimum absolute atomic E-state index is 0. The first-order valence-corrected chi connectivity index (χ1v) is 57.8. The van der Waals surface area contributed by atoms with Crippen molar-refractivity contribution < 1.29 is 24.8 Å². The maximum Gasteiger partial charge on any atom is -0.0134 e. The second-order valence-corrected chi connectivity index (χ2v) is 60.4. The van der Waals surface area contributed by atoms with Crippen molar-refractivity contribution in [3.05, 3.63) is 322 Å². The van der Waals surface area contributed by atoms with Crippen molar-refractivity contribution in [1.82, 2.24) is 19.9 Å². The summed E-state index contributed by atoms with van der Waals surface area (Å²) in [5.74, 6) is 1.02. The van der Waals surface area contributed by atoms with Crippen LogP contribution in [-0.2, 0) is 50.3 Å². The summed E-state index contributed by atoms with van der Waals surface area (Å²) in [5, 5.41) is 21.4. The van der Waals surface area contributed by atoms with E-state index in [1.807, 2.05) is 60.7 Å². The Kier molecular flexibility index (Phi) is 35.7. The van der Waals surface area contributed by atoms with Crippen LogP contribution in [-0.4, -0.2) is 54.9 Å². The summed E-state index contributed by atoms with van der Waals surface area (Å²) in [5.41, 5.74) is 7.38. The fourth-order valence-corrected chi connectivity index (χ4v) is 20.1. The molecular weight excluding hydrogens is 1670 g/mol. The average molecular weight is 1770 g/mol. The summed E-state index contributed by atoms with van der Waals surface area (Å²) in [6.45, 7) is 30.7. The van der Waals surface area contributed by atoms with Gasteiger partial charge in [-0.25, -0.2) is 4.98 Å². The topological polar surface area (TPSA) is 98.2 Å². The molecule has 12 aromatic rings. The van der Waals surface area contributed by atoms with Gasteiger partial charge < -0.3 is 4.43 Å². The smallest absolute Gasteiger partial charge is 0.0134 e. The van der Waals surface area contributed by atoms with Crippen LogP contribution >= 0.6 is 69.7 Å². The molecule has 0 fully saturated rings. The molecule has 0 aliphatic heterocycles. The maximum absolute atomic E-state index is 9.41. The quantitative estimate of drug-likeness (QED) is 0.0411. The van der Waals surface area contributed by atoms with Gasteiger partial charge in [0.15, 0.2) is 8.32 Å². The van der Waals surface area contributed by atoms with Crippen molar-refractivity contribution in [3.63, 3.8) is 0 Å². The molecule has 0 aliphatic rings. The van der Waals surface area contributed by atoms with Crippen LogP contribution in [0.4, 0.5) is 5.82 Å². The van der Waals surface area contributed by atoms with Gasteiger partial charge in [0.05, 0.1) is 27.7 Å². The standard InChI is InChI=1S/C23H26ClN3OSi.2C18H15P.C13H19N2OSi.C10H7Cl2N.CH4.3CH3.2ClH.Pd.Sn/c1-23(2,3)29(4,5)28-15-17-10-20(27-21(11-17)13-25)9-16-6-7-22-18(8-16)12-19(24)14-26-22;2*1-4-10-16(11-5-1)19(17-12-6-2-7-13-17)18-14-8-3-9-15-18;1-13(2,3)17(5,6)16-10-11-7-8-15-12(9-11)14-4;11-5-7-1-2-10-8(3-7)4-9(12)6-13-10;;;;;;;;/h6-8,10-12,14H,9,15H2,1-5H3;2*1-15H;7,9H,10H2,1-3,5-6H3;1-4,6H,5H2;1H4;3*1H3;2*1H;;/q;;;;;;;;;;;+2;/p-2. The second kappa shape index (κ2) is 42.7. The van der Waals surface area contributed by atoms with Crippen LogP contribution in [0, 0.1) is 17.9 Å². The van der Waals surface area contributed by atoms with Gasteiger partial charge in [0.1, 0.15) is 11.8 Å². The van der Waals surface area contributed by atoms with Crippen molar-refractivity contribution in [1.29, 1.82) is 5.26 Å². The van der Waals surface area contributed by atoms with E-state index in [1.165, 1.54) is 31.8 Å². The summed E-state index contributed by atoms with van der Waals surface area (Å²) < 4.78 is 13.8. The predicted molar refractivity (Wildman–Crippen MR) is 461 cm³/mol. The van der Waals surface area contributed by atoms with Gasteiger partial charge in [-0.05, 0) is 131 Å². The number of pyridine rings is 4. The number of fused-ring (bicyclic) bond motifs is 2. The molecule has 12 rings (SSSR count). The van der Waals surface area contributed by atoms with E-state index in [1.54, 1.807) is 12.4 Å². The fourth-order valence-electron chi connectivity index (χ4n) is 10.0. The number of nitrogens with zero attached hydrogens (tertiary/aromatic N) is 6. The average Bonchev–Trinajstić information content (AvgIpc) is 0.830. The third-order valence-electron chi connectivity index (χ3n) is 17.7. The van der Waals surface area contributed by atoms with Gasteiger partial charge in [0.25, 0.3) is 0 Å². The summed E-state index contributed by atoms with van der Waals surface area (Å²) in [6, 6.07) is 90.5. The molecule has 0 bridgehead atoms. The molecule has 0 saturated carbocycles. The van der Waals surface area contributed by atoms with Crippen LogP contribution in [0.25, 0.3) is 26.7 Å². The number of benzene rings is 8. The Morgan fingerprint density at radius 3 is 1.15 bits per heavy atom. The third kappa shape index (κ3) is 27.9. The number of rotatable bonds is 16.